The number of hydrogen-bond donors (Lipinski definition) is 2. The molecule has 2 aromatic carbocycles. The molecule has 0 spiro atoms. The van der Waals surface area contributed by atoms with Gasteiger partial charge in [0.15, 0.2) is 0 Å². The van der Waals surface area contributed by atoms with Gasteiger partial charge in [0.25, 0.3) is 0 Å². The van der Waals surface area contributed by atoms with E-state index < -0.39 is 5.97 Å². The Labute approximate surface area is 235 Å². The minimum absolute atomic E-state index is 0.304. The minimum Gasteiger partial charge on any atom is -0.492 e. The maximum atomic E-state index is 13.4. The Balaban J connectivity index is 1.44. The van der Waals surface area contributed by atoms with Gasteiger partial charge in [-0.3, -0.25) is 4.79 Å². The molecular formula is C30H39FN6O3. The fourth-order valence-electron chi connectivity index (χ4n) is 4.87. The number of anilines is 4. The molecule has 2 atom stereocenters. The van der Waals surface area contributed by atoms with E-state index in [9.17, 15) is 14.3 Å². The number of halogens is 1. The Bertz CT molecular complexity index is 1240. The Kier molecular flexibility index (Phi) is 10.1. The molecule has 10 heteroatoms. The zero-order valence-corrected chi connectivity index (χ0v) is 23.5. The Morgan fingerprint density at radius 2 is 1.88 bits per heavy atom. The lowest BCUT2D eigenvalue weighted by Crippen LogP contribution is -2.40. The number of aromatic nitrogens is 3. The molecule has 0 amide bonds. The first kappa shape index (κ1) is 29.0. The summed E-state index contributed by atoms with van der Waals surface area (Å²) in [6.07, 6.45) is 5.51. The van der Waals surface area contributed by atoms with Crippen molar-refractivity contribution >= 4 is 29.5 Å². The van der Waals surface area contributed by atoms with E-state index in [4.69, 9.17) is 14.7 Å². The molecule has 1 saturated heterocycles. The van der Waals surface area contributed by atoms with E-state index in [1.54, 1.807) is 12.1 Å². The van der Waals surface area contributed by atoms with Crippen molar-refractivity contribution in [3.63, 3.8) is 0 Å². The van der Waals surface area contributed by atoms with Crippen molar-refractivity contribution in [2.75, 3.05) is 41.9 Å². The van der Waals surface area contributed by atoms with Crippen molar-refractivity contribution < 1.29 is 19.0 Å². The second-order valence-electron chi connectivity index (χ2n) is 10.2. The van der Waals surface area contributed by atoms with Gasteiger partial charge in [0.05, 0.1) is 12.5 Å². The Morgan fingerprint density at radius 3 is 2.55 bits per heavy atom. The predicted molar refractivity (Wildman–Crippen MR) is 155 cm³/mol. The number of carbonyl (C=O) groups is 1. The average Bonchev–Trinajstić information content (AvgIpc) is 2.97. The third-order valence-electron chi connectivity index (χ3n) is 7.35. The molecular weight excluding hydrogens is 511 g/mol. The molecule has 0 saturated carbocycles. The summed E-state index contributed by atoms with van der Waals surface area (Å²) in [5.41, 5.74) is 1.67. The molecule has 0 bridgehead atoms. The summed E-state index contributed by atoms with van der Waals surface area (Å²) in [4.78, 5) is 29.7. The number of hydrogen-bond acceptors (Lipinski definition) is 8. The molecule has 4 rings (SSSR count). The van der Waals surface area contributed by atoms with Gasteiger partial charge in [-0.1, -0.05) is 26.0 Å². The summed E-state index contributed by atoms with van der Waals surface area (Å²) in [7, 11) is 1.91. The highest BCUT2D eigenvalue weighted by Gasteiger charge is 2.25. The normalized spacial score (nSPS) is 15.9. The lowest BCUT2D eigenvalue weighted by Gasteiger charge is -2.35. The summed E-state index contributed by atoms with van der Waals surface area (Å²) in [6.45, 7) is 5.92. The molecule has 2 N–H and O–H groups in total. The van der Waals surface area contributed by atoms with E-state index in [-0.39, 0.29) is 11.7 Å². The van der Waals surface area contributed by atoms with E-state index >= 15 is 0 Å². The van der Waals surface area contributed by atoms with Crippen LogP contribution in [-0.4, -0.2) is 58.8 Å². The number of likely N-dealkylation sites (N-methyl/N-ethyl adjacent to an activating group) is 1. The predicted octanol–water partition coefficient (Wildman–Crippen LogP) is 5.69. The van der Waals surface area contributed by atoms with Crippen molar-refractivity contribution in [3.8, 4) is 5.75 Å². The molecule has 1 aliphatic rings. The van der Waals surface area contributed by atoms with Gasteiger partial charge < -0.3 is 25.0 Å². The van der Waals surface area contributed by atoms with E-state index in [0.717, 1.165) is 37.1 Å². The van der Waals surface area contributed by atoms with Crippen molar-refractivity contribution in [1.82, 2.24) is 15.0 Å². The molecule has 1 aromatic heterocycles. The second kappa shape index (κ2) is 13.9. The minimum atomic E-state index is -0.770. The molecule has 2 unspecified atom stereocenters. The highest BCUT2D eigenvalue weighted by atomic mass is 19.1. The van der Waals surface area contributed by atoms with E-state index in [2.05, 4.69) is 22.1 Å². The van der Waals surface area contributed by atoms with Crippen molar-refractivity contribution in [3.05, 3.63) is 59.9 Å². The molecule has 3 aromatic rings. The van der Waals surface area contributed by atoms with Crippen LogP contribution in [0.15, 0.2) is 48.5 Å². The molecule has 0 aliphatic carbocycles. The number of carboxylic acids is 1. The molecule has 1 aliphatic heterocycles. The fraction of sp³-hybridized carbons (Fsp3) is 0.467. The quantitative estimate of drug-likeness (QED) is 0.278. The van der Waals surface area contributed by atoms with Gasteiger partial charge in [0.2, 0.25) is 17.8 Å². The van der Waals surface area contributed by atoms with Crippen LogP contribution in [0.4, 0.5) is 27.9 Å². The molecule has 9 nitrogen and oxygen atoms in total. The van der Waals surface area contributed by atoms with Crippen LogP contribution in [0.1, 0.15) is 51.5 Å². The van der Waals surface area contributed by atoms with Gasteiger partial charge in [-0.15, -0.1) is 0 Å². The Hall–Kier alpha value is -3.95. The zero-order chi connectivity index (χ0) is 28.5. The third kappa shape index (κ3) is 7.80. The summed E-state index contributed by atoms with van der Waals surface area (Å²) >= 11 is 0. The number of carboxylic acid groups (broad SMARTS) is 1. The molecule has 40 heavy (non-hydrogen) atoms. The zero-order valence-electron chi connectivity index (χ0n) is 23.5. The number of nitrogens with one attached hydrogen (secondary N) is 1. The van der Waals surface area contributed by atoms with Gasteiger partial charge >= 0.3 is 5.97 Å². The van der Waals surface area contributed by atoms with Crippen LogP contribution < -0.4 is 19.9 Å². The van der Waals surface area contributed by atoms with Gasteiger partial charge in [-0.2, -0.15) is 15.0 Å². The molecule has 214 valence electrons. The number of ether oxygens (including phenoxy) is 1. The van der Waals surface area contributed by atoms with E-state index in [1.807, 2.05) is 43.1 Å². The fourth-order valence-corrected chi connectivity index (χ4v) is 4.87. The standard InChI is InChI=1S/C30H39FN6O3/c1-4-22(27(38)39)20-21-9-15-26(16-10-21)40-19-18-36(3)29-33-28(32-24-13-11-23(31)12-14-24)34-30(35-29)37-17-7-6-8-25(37)5-2/h9-16,22,25H,4-8,17-20H2,1-3H3,(H,38,39)(H,32,33,34,35). The van der Waals surface area contributed by atoms with Crippen LogP contribution in [0, 0.1) is 11.7 Å². The highest BCUT2D eigenvalue weighted by Crippen LogP contribution is 2.27. The number of piperidine rings is 1. The van der Waals surface area contributed by atoms with Crippen LogP contribution >= 0.6 is 0 Å². The second-order valence-corrected chi connectivity index (χ2v) is 10.2. The lowest BCUT2D eigenvalue weighted by atomic mass is 9.97. The summed E-state index contributed by atoms with van der Waals surface area (Å²) in [5.74, 6) is 0.822. The van der Waals surface area contributed by atoms with Crippen LogP contribution in [0.25, 0.3) is 0 Å². The molecule has 0 radical (unpaired) electrons. The van der Waals surface area contributed by atoms with Gasteiger partial charge in [0.1, 0.15) is 18.2 Å². The third-order valence-corrected chi connectivity index (χ3v) is 7.35. The largest absolute Gasteiger partial charge is 0.492 e. The van der Waals surface area contributed by atoms with Gasteiger partial charge in [-0.25, -0.2) is 4.39 Å². The molecule has 2 heterocycles. The number of benzene rings is 2. The van der Waals surface area contributed by atoms with E-state index in [1.165, 1.54) is 18.6 Å². The lowest BCUT2D eigenvalue weighted by molar-refractivity contribution is -0.141. The topological polar surface area (TPSA) is 104 Å². The number of rotatable bonds is 13. The van der Waals surface area contributed by atoms with Crippen LogP contribution in [0.3, 0.4) is 0 Å². The first-order chi connectivity index (χ1) is 19.4. The van der Waals surface area contributed by atoms with Gasteiger partial charge in [0, 0.05) is 25.3 Å². The number of nitrogens with zero attached hydrogens (tertiary/aromatic N) is 5. The van der Waals surface area contributed by atoms with Crippen molar-refractivity contribution in [2.45, 2.75) is 58.4 Å². The Morgan fingerprint density at radius 1 is 1.12 bits per heavy atom. The smallest absolute Gasteiger partial charge is 0.306 e. The van der Waals surface area contributed by atoms with Crippen molar-refractivity contribution in [1.29, 1.82) is 0 Å². The van der Waals surface area contributed by atoms with Gasteiger partial charge in [-0.05, 0) is 80.5 Å². The first-order valence-electron chi connectivity index (χ1n) is 14.1. The number of aliphatic carboxylic acids is 1. The SMILES string of the molecule is CCC(Cc1ccc(OCCN(C)c2nc(Nc3ccc(F)cc3)nc(N3CCCCC3CC)n2)cc1)C(=O)O. The van der Waals surface area contributed by atoms with Crippen molar-refractivity contribution in [2.24, 2.45) is 5.92 Å². The van der Waals surface area contributed by atoms with E-state index in [0.29, 0.717) is 55.6 Å². The summed E-state index contributed by atoms with van der Waals surface area (Å²) < 4.78 is 19.4. The summed E-state index contributed by atoms with van der Waals surface area (Å²) in [6, 6.07) is 14.1. The van der Waals surface area contributed by atoms with Crippen LogP contribution in [-0.2, 0) is 11.2 Å². The monoisotopic (exact) mass is 550 g/mol. The molecule has 1 fully saturated rings. The maximum absolute atomic E-state index is 13.4. The summed E-state index contributed by atoms with van der Waals surface area (Å²) in [5, 5.41) is 12.5. The first-order valence-corrected chi connectivity index (χ1v) is 14.1. The highest BCUT2D eigenvalue weighted by molar-refractivity contribution is 5.70. The average molecular weight is 551 g/mol. The van der Waals surface area contributed by atoms with Crippen LogP contribution in [0.2, 0.25) is 0 Å². The maximum Gasteiger partial charge on any atom is 0.306 e. The van der Waals surface area contributed by atoms with Crippen LogP contribution in [0.5, 0.6) is 5.75 Å².